The molecular formula is C14H17N3O3. The Kier molecular flexibility index (Phi) is 4.70. The number of aromatic nitrogens is 2. The number of esters is 1. The number of carbonyl (C=O) groups is 2. The van der Waals surface area contributed by atoms with Crippen LogP contribution >= 0.6 is 0 Å². The second kappa shape index (κ2) is 6.70. The molecule has 0 atom stereocenters. The van der Waals surface area contributed by atoms with Crippen LogP contribution in [0.25, 0.3) is 11.0 Å². The van der Waals surface area contributed by atoms with Crippen molar-refractivity contribution in [2.75, 3.05) is 13.2 Å². The van der Waals surface area contributed by atoms with Crippen molar-refractivity contribution in [1.82, 2.24) is 15.3 Å². The lowest BCUT2D eigenvalue weighted by Crippen LogP contribution is -2.30. The van der Waals surface area contributed by atoms with Crippen molar-refractivity contribution in [2.45, 2.75) is 19.8 Å². The Labute approximate surface area is 116 Å². The van der Waals surface area contributed by atoms with Crippen LogP contribution in [0.3, 0.4) is 0 Å². The zero-order valence-electron chi connectivity index (χ0n) is 11.3. The first-order valence-corrected chi connectivity index (χ1v) is 6.55. The lowest BCUT2D eigenvalue weighted by Gasteiger charge is -2.03. The summed E-state index contributed by atoms with van der Waals surface area (Å²) in [4.78, 5) is 30.2. The van der Waals surface area contributed by atoms with Crippen LogP contribution in [0.1, 0.15) is 19.2 Å². The number of benzene rings is 1. The zero-order valence-corrected chi connectivity index (χ0v) is 11.3. The van der Waals surface area contributed by atoms with Crippen LogP contribution in [-0.4, -0.2) is 35.0 Å². The van der Waals surface area contributed by atoms with E-state index in [1.807, 2.05) is 24.3 Å². The number of H-pyrrole nitrogens is 1. The van der Waals surface area contributed by atoms with Crippen molar-refractivity contribution < 1.29 is 14.3 Å². The molecule has 2 aromatic rings. The highest BCUT2D eigenvalue weighted by Crippen LogP contribution is 2.11. The van der Waals surface area contributed by atoms with Gasteiger partial charge in [0.15, 0.2) is 0 Å². The average molecular weight is 275 g/mol. The average Bonchev–Trinajstić information content (AvgIpc) is 2.86. The number of nitrogens with one attached hydrogen (secondary N) is 2. The third kappa shape index (κ3) is 3.81. The molecule has 1 aromatic carbocycles. The summed E-state index contributed by atoms with van der Waals surface area (Å²) in [5, 5.41) is 2.52. The number of hydrogen-bond acceptors (Lipinski definition) is 4. The summed E-state index contributed by atoms with van der Waals surface area (Å²) in [6, 6.07) is 7.69. The third-order valence-electron chi connectivity index (χ3n) is 2.76. The van der Waals surface area contributed by atoms with Crippen LogP contribution in [0.5, 0.6) is 0 Å². The number of fused-ring (bicyclic) bond motifs is 1. The first kappa shape index (κ1) is 14.0. The summed E-state index contributed by atoms with van der Waals surface area (Å²) in [7, 11) is 0. The molecule has 6 heteroatoms. The highest BCUT2D eigenvalue weighted by atomic mass is 16.5. The normalized spacial score (nSPS) is 10.4. The van der Waals surface area contributed by atoms with E-state index in [-0.39, 0.29) is 18.9 Å². The summed E-state index contributed by atoms with van der Waals surface area (Å²) < 4.78 is 4.72. The maximum Gasteiger partial charge on any atom is 0.325 e. The van der Waals surface area contributed by atoms with Gasteiger partial charge in [0.25, 0.3) is 0 Å². The highest BCUT2D eigenvalue weighted by Gasteiger charge is 2.08. The van der Waals surface area contributed by atoms with Crippen molar-refractivity contribution in [2.24, 2.45) is 0 Å². The molecule has 0 unspecified atom stereocenters. The van der Waals surface area contributed by atoms with Crippen molar-refractivity contribution in [3.05, 3.63) is 30.1 Å². The van der Waals surface area contributed by atoms with Gasteiger partial charge < -0.3 is 15.0 Å². The standard InChI is InChI=1S/C14H17N3O3/c1-2-20-14(19)9-15-13(18)8-7-12-16-10-5-3-4-6-11(10)17-12/h3-6H,2,7-9H2,1H3,(H,15,18)(H,16,17). The van der Waals surface area contributed by atoms with Gasteiger partial charge in [-0.3, -0.25) is 9.59 Å². The zero-order chi connectivity index (χ0) is 14.4. The second-order valence-electron chi connectivity index (χ2n) is 4.28. The topological polar surface area (TPSA) is 84.1 Å². The maximum absolute atomic E-state index is 11.6. The summed E-state index contributed by atoms with van der Waals surface area (Å²) in [6.45, 7) is 1.95. The van der Waals surface area contributed by atoms with E-state index >= 15 is 0 Å². The fraction of sp³-hybridized carbons (Fsp3) is 0.357. The smallest absolute Gasteiger partial charge is 0.325 e. The van der Waals surface area contributed by atoms with E-state index in [0.29, 0.717) is 13.0 Å². The van der Waals surface area contributed by atoms with Crippen LogP contribution in [0, 0.1) is 0 Å². The van der Waals surface area contributed by atoms with Gasteiger partial charge in [0.1, 0.15) is 12.4 Å². The Hall–Kier alpha value is -2.37. The molecule has 0 radical (unpaired) electrons. The highest BCUT2D eigenvalue weighted by molar-refractivity contribution is 5.82. The first-order chi connectivity index (χ1) is 9.69. The van der Waals surface area contributed by atoms with Gasteiger partial charge in [-0.25, -0.2) is 4.98 Å². The predicted octanol–water partition coefficient (Wildman–Crippen LogP) is 1.17. The van der Waals surface area contributed by atoms with E-state index in [0.717, 1.165) is 16.9 Å². The molecule has 0 saturated carbocycles. The molecule has 0 aliphatic heterocycles. The molecule has 1 aromatic heterocycles. The Morgan fingerprint density at radius 1 is 1.35 bits per heavy atom. The van der Waals surface area contributed by atoms with Crippen molar-refractivity contribution in [3.63, 3.8) is 0 Å². The van der Waals surface area contributed by atoms with E-state index in [4.69, 9.17) is 4.74 Å². The molecule has 6 nitrogen and oxygen atoms in total. The summed E-state index contributed by atoms with van der Waals surface area (Å²) >= 11 is 0. The molecule has 20 heavy (non-hydrogen) atoms. The molecule has 0 fully saturated rings. The maximum atomic E-state index is 11.6. The summed E-state index contributed by atoms with van der Waals surface area (Å²) in [5.41, 5.74) is 1.84. The number of carbonyl (C=O) groups excluding carboxylic acids is 2. The van der Waals surface area contributed by atoms with E-state index in [1.165, 1.54) is 0 Å². The van der Waals surface area contributed by atoms with Crippen molar-refractivity contribution >= 4 is 22.9 Å². The number of aryl methyl sites for hydroxylation is 1. The van der Waals surface area contributed by atoms with Gasteiger partial charge in [-0.2, -0.15) is 0 Å². The fourth-order valence-electron chi connectivity index (χ4n) is 1.83. The second-order valence-corrected chi connectivity index (χ2v) is 4.28. The van der Waals surface area contributed by atoms with E-state index in [2.05, 4.69) is 15.3 Å². The number of imidazole rings is 1. The van der Waals surface area contributed by atoms with Crippen LogP contribution in [0.2, 0.25) is 0 Å². The van der Waals surface area contributed by atoms with E-state index < -0.39 is 5.97 Å². The van der Waals surface area contributed by atoms with Crippen LogP contribution < -0.4 is 5.32 Å². The molecule has 0 aliphatic carbocycles. The Morgan fingerprint density at radius 2 is 2.15 bits per heavy atom. The molecule has 106 valence electrons. The largest absolute Gasteiger partial charge is 0.465 e. The number of nitrogens with zero attached hydrogens (tertiary/aromatic N) is 1. The van der Waals surface area contributed by atoms with Gasteiger partial charge in [0.2, 0.25) is 5.91 Å². The number of hydrogen-bond donors (Lipinski definition) is 2. The molecule has 0 saturated heterocycles. The number of rotatable bonds is 6. The lowest BCUT2D eigenvalue weighted by molar-refractivity contribution is -0.143. The molecule has 1 heterocycles. The van der Waals surface area contributed by atoms with E-state index in [9.17, 15) is 9.59 Å². The first-order valence-electron chi connectivity index (χ1n) is 6.55. The Bertz CT molecular complexity index is 573. The van der Waals surface area contributed by atoms with Crippen LogP contribution in [0.4, 0.5) is 0 Å². The monoisotopic (exact) mass is 275 g/mol. The summed E-state index contributed by atoms with van der Waals surface area (Å²) in [5.74, 6) is 0.139. The number of amides is 1. The van der Waals surface area contributed by atoms with Gasteiger partial charge in [-0.15, -0.1) is 0 Å². The number of ether oxygens (including phenoxy) is 1. The minimum Gasteiger partial charge on any atom is -0.465 e. The minimum absolute atomic E-state index is 0.0905. The molecule has 1 amide bonds. The molecule has 0 bridgehead atoms. The molecule has 2 rings (SSSR count). The molecule has 2 N–H and O–H groups in total. The number of para-hydroxylation sites is 2. The Balaban J connectivity index is 1.79. The lowest BCUT2D eigenvalue weighted by atomic mass is 10.3. The minimum atomic E-state index is -0.426. The van der Waals surface area contributed by atoms with Gasteiger partial charge in [-0.1, -0.05) is 12.1 Å². The third-order valence-corrected chi connectivity index (χ3v) is 2.76. The summed E-state index contributed by atoms with van der Waals surface area (Å²) in [6.07, 6.45) is 0.780. The number of aromatic amines is 1. The molecular weight excluding hydrogens is 258 g/mol. The van der Waals surface area contributed by atoms with Crippen LogP contribution in [0.15, 0.2) is 24.3 Å². The predicted molar refractivity (Wildman–Crippen MR) is 74.1 cm³/mol. The van der Waals surface area contributed by atoms with E-state index in [1.54, 1.807) is 6.92 Å². The van der Waals surface area contributed by atoms with Gasteiger partial charge in [-0.05, 0) is 19.1 Å². The van der Waals surface area contributed by atoms with Gasteiger partial charge in [0, 0.05) is 12.8 Å². The van der Waals surface area contributed by atoms with Crippen molar-refractivity contribution in [3.8, 4) is 0 Å². The van der Waals surface area contributed by atoms with Gasteiger partial charge >= 0.3 is 5.97 Å². The van der Waals surface area contributed by atoms with Gasteiger partial charge in [0.05, 0.1) is 17.6 Å². The SMILES string of the molecule is CCOC(=O)CNC(=O)CCc1nc2ccccc2[nH]1. The van der Waals surface area contributed by atoms with Crippen LogP contribution in [-0.2, 0) is 20.7 Å². The fourth-order valence-corrected chi connectivity index (χ4v) is 1.83. The quantitative estimate of drug-likeness (QED) is 0.775. The molecule has 0 spiro atoms. The van der Waals surface area contributed by atoms with Crippen molar-refractivity contribution in [1.29, 1.82) is 0 Å². The molecule has 0 aliphatic rings. The Morgan fingerprint density at radius 3 is 2.90 bits per heavy atom.